The van der Waals surface area contributed by atoms with E-state index in [-0.39, 0.29) is 0 Å². The van der Waals surface area contributed by atoms with Crippen molar-refractivity contribution in [2.75, 3.05) is 6.54 Å². The maximum absolute atomic E-state index is 5.78. The summed E-state index contributed by atoms with van der Waals surface area (Å²) in [6, 6.07) is 11.2. The first-order valence-corrected chi connectivity index (χ1v) is 10.3. The van der Waals surface area contributed by atoms with Gasteiger partial charge in [-0.1, -0.05) is 36.8 Å². The van der Waals surface area contributed by atoms with Crippen molar-refractivity contribution < 1.29 is 4.90 Å². The molecule has 2 aliphatic rings. The van der Waals surface area contributed by atoms with E-state index in [0.717, 1.165) is 41.3 Å². The summed E-state index contributed by atoms with van der Waals surface area (Å²) < 4.78 is 5.13. The molecule has 1 aromatic carbocycles. The number of hydrogen-bond acceptors (Lipinski definition) is 2. The first-order valence-electron chi connectivity index (χ1n) is 9.85. The Morgan fingerprint density at radius 3 is 2.68 bits per heavy atom. The molecule has 0 amide bonds. The van der Waals surface area contributed by atoms with Crippen molar-refractivity contribution in [3.05, 3.63) is 35.1 Å². The Morgan fingerprint density at radius 1 is 1.12 bits per heavy atom. The minimum Gasteiger partial charge on any atom is -0.314 e. The van der Waals surface area contributed by atoms with E-state index in [1.54, 1.807) is 4.90 Å². The van der Waals surface area contributed by atoms with Gasteiger partial charge in [0, 0.05) is 18.0 Å². The molecule has 0 spiro atoms. The zero-order chi connectivity index (χ0) is 17.2. The van der Waals surface area contributed by atoms with E-state index in [0.29, 0.717) is 0 Å². The molecule has 134 valence electrons. The number of quaternary nitrogens is 1. The van der Waals surface area contributed by atoms with Crippen LogP contribution >= 0.6 is 12.2 Å². The Morgan fingerprint density at radius 2 is 1.88 bits per heavy atom. The monoisotopic (exact) mass is 357 g/mol. The van der Waals surface area contributed by atoms with Gasteiger partial charge in [0.25, 0.3) is 0 Å². The Kier molecular flexibility index (Phi) is 5.04. The highest BCUT2D eigenvalue weighted by Crippen LogP contribution is 2.28. The molecule has 2 heterocycles. The highest BCUT2D eigenvalue weighted by Gasteiger charge is 2.36. The molecule has 3 atom stereocenters. The Bertz CT molecular complexity index is 762. The molecule has 0 bridgehead atoms. The average Bonchev–Trinajstić information content (AvgIpc) is 2.98. The van der Waals surface area contributed by atoms with Crippen LogP contribution in [0.2, 0.25) is 0 Å². The molecule has 4 rings (SSSR count). The number of fused-ring (bicyclic) bond motifs is 1. The first-order chi connectivity index (χ1) is 12.3. The van der Waals surface area contributed by atoms with Crippen molar-refractivity contribution >= 4 is 12.2 Å². The fourth-order valence-corrected chi connectivity index (χ4v) is 5.21. The number of nitrogens with zero attached hydrogens (tertiary/aromatic N) is 3. The van der Waals surface area contributed by atoms with Crippen LogP contribution in [-0.2, 0) is 13.2 Å². The molecule has 2 fully saturated rings. The molecule has 0 radical (unpaired) electrons. The van der Waals surface area contributed by atoms with Gasteiger partial charge >= 0.3 is 0 Å². The van der Waals surface area contributed by atoms with Gasteiger partial charge in [-0.25, -0.2) is 0 Å². The molecule has 1 saturated carbocycles. The van der Waals surface area contributed by atoms with Gasteiger partial charge in [0.1, 0.15) is 0 Å². The zero-order valence-electron chi connectivity index (χ0n) is 15.2. The summed E-state index contributed by atoms with van der Waals surface area (Å²) in [6.07, 6.45) is 8.42. The molecular formula is C20H29N4S+. The Labute approximate surface area is 155 Å². The lowest BCUT2D eigenvalue weighted by Crippen LogP contribution is -3.17. The number of aromatic nitrogens is 3. The number of rotatable bonds is 4. The molecule has 4 nitrogen and oxygen atoms in total. The van der Waals surface area contributed by atoms with Crippen LogP contribution in [-0.4, -0.2) is 26.9 Å². The van der Waals surface area contributed by atoms with Crippen LogP contribution in [0, 0.1) is 10.7 Å². The molecule has 1 aliphatic carbocycles. The minimum atomic E-state index is 0.816. The van der Waals surface area contributed by atoms with Crippen molar-refractivity contribution in [2.24, 2.45) is 5.92 Å². The average molecular weight is 358 g/mol. The van der Waals surface area contributed by atoms with Gasteiger partial charge in [-0.3, -0.25) is 0 Å². The fourth-order valence-electron chi connectivity index (χ4n) is 4.89. The van der Waals surface area contributed by atoms with Crippen molar-refractivity contribution in [3.63, 3.8) is 0 Å². The molecule has 25 heavy (non-hydrogen) atoms. The van der Waals surface area contributed by atoms with Crippen LogP contribution < -0.4 is 4.90 Å². The zero-order valence-corrected chi connectivity index (χ0v) is 16.0. The van der Waals surface area contributed by atoms with Gasteiger partial charge < -0.3 is 9.47 Å². The molecule has 2 aromatic rings. The Hall–Kier alpha value is -1.46. The van der Waals surface area contributed by atoms with E-state index < -0.39 is 0 Å². The van der Waals surface area contributed by atoms with Crippen LogP contribution in [0.3, 0.4) is 0 Å². The van der Waals surface area contributed by atoms with Gasteiger partial charge in [0.05, 0.1) is 12.6 Å². The van der Waals surface area contributed by atoms with E-state index in [4.69, 9.17) is 17.3 Å². The lowest BCUT2D eigenvalue weighted by molar-refractivity contribution is -0.958. The third-order valence-corrected chi connectivity index (χ3v) is 6.56. The summed E-state index contributed by atoms with van der Waals surface area (Å²) in [5.41, 5.74) is 1.15. The first kappa shape index (κ1) is 17.0. The summed E-state index contributed by atoms with van der Waals surface area (Å²) in [5.74, 6) is 1.93. The van der Waals surface area contributed by atoms with Gasteiger partial charge in [0.2, 0.25) is 4.77 Å². The second-order valence-electron chi connectivity index (χ2n) is 7.58. The van der Waals surface area contributed by atoms with Crippen LogP contribution in [0.25, 0.3) is 11.4 Å². The maximum Gasteiger partial charge on any atom is 0.203 e. The molecule has 1 aliphatic heterocycles. The quantitative estimate of drug-likeness (QED) is 0.850. The van der Waals surface area contributed by atoms with Crippen molar-refractivity contribution in [3.8, 4) is 11.4 Å². The van der Waals surface area contributed by atoms with E-state index in [9.17, 15) is 0 Å². The molecule has 1 saturated heterocycles. The number of nitrogens with one attached hydrogen (secondary N) is 1. The molecule has 1 aromatic heterocycles. The largest absolute Gasteiger partial charge is 0.314 e. The maximum atomic E-state index is 5.78. The number of likely N-dealkylation sites (tertiary alicyclic amines) is 1. The van der Waals surface area contributed by atoms with E-state index in [2.05, 4.69) is 40.4 Å². The predicted molar refractivity (Wildman–Crippen MR) is 103 cm³/mol. The standard InChI is InChI=1S/C20H28N4S/c1-2-23-19(17-10-4-3-5-11-17)21-24(20(23)25)15-22-14-8-12-16-9-6-7-13-18(16)22/h3-5,10-11,16,18H,2,6-9,12-15H2,1H3/p+1/t16-,18+/m1/s1. The predicted octanol–water partition coefficient (Wildman–Crippen LogP) is 3.30. The molecule has 1 N–H and O–H groups in total. The second-order valence-corrected chi connectivity index (χ2v) is 7.94. The van der Waals surface area contributed by atoms with Crippen molar-refractivity contribution in [1.82, 2.24) is 14.3 Å². The van der Waals surface area contributed by atoms with Crippen LogP contribution in [0.1, 0.15) is 45.4 Å². The summed E-state index contributed by atoms with van der Waals surface area (Å²) in [5, 5.41) is 4.94. The van der Waals surface area contributed by atoms with Crippen LogP contribution in [0.5, 0.6) is 0 Å². The van der Waals surface area contributed by atoms with Crippen molar-refractivity contribution in [1.29, 1.82) is 0 Å². The summed E-state index contributed by atoms with van der Waals surface area (Å²) in [4.78, 5) is 1.70. The highest BCUT2D eigenvalue weighted by molar-refractivity contribution is 7.71. The van der Waals surface area contributed by atoms with E-state index in [1.165, 1.54) is 45.1 Å². The van der Waals surface area contributed by atoms with Crippen molar-refractivity contribution in [2.45, 2.75) is 64.7 Å². The SMILES string of the molecule is CCn1c(-c2ccccc2)nn(C[NH+]2CCC[C@H]3CCCC[C@@H]32)c1=S. The summed E-state index contributed by atoms with van der Waals surface area (Å²) >= 11 is 5.78. The van der Waals surface area contributed by atoms with Gasteiger partial charge in [-0.15, -0.1) is 5.10 Å². The fraction of sp³-hybridized carbons (Fsp3) is 0.600. The van der Waals surface area contributed by atoms with Gasteiger partial charge in [0.15, 0.2) is 12.5 Å². The molecule has 1 unspecified atom stereocenters. The molecular weight excluding hydrogens is 328 g/mol. The second kappa shape index (κ2) is 7.42. The lowest BCUT2D eigenvalue weighted by Gasteiger charge is -2.40. The lowest BCUT2D eigenvalue weighted by atomic mass is 9.78. The topological polar surface area (TPSA) is 27.2 Å². The normalized spacial score (nSPS) is 26.4. The number of piperidine rings is 1. The third kappa shape index (κ3) is 3.32. The highest BCUT2D eigenvalue weighted by atomic mass is 32.1. The van der Waals surface area contributed by atoms with Crippen LogP contribution in [0.4, 0.5) is 0 Å². The van der Waals surface area contributed by atoms with Crippen LogP contribution in [0.15, 0.2) is 30.3 Å². The van der Waals surface area contributed by atoms with E-state index in [1.807, 2.05) is 6.07 Å². The molecule has 5 heteroatoms. The summed E-state index contributed by atoms with van der Waals surface area (Å²) in [6.45, 7) is 5.21. The number of hydrogen-bond donors (Lipinski definition) is 1. The number of benzene rings is 1. The van der Waals surface area contributed by atoms with Gasteiger partial charge in [-0.05, 0) is 51.2 Å². The smallest absolute Gasteiger partial charge is 0.203 e. The van der Waals surface area contributed by atoms with Gasteiger partial charge in [-0.2, -0.15) is 4.68 Å². The third-order valence-electron chi connectivity index (χ3n) is 6.13. The summed E-state index contributed by atoms with van der Waals surface area (Å²) in [7, 11) is 0. The van der Waals surface area contributed by atoms with E-state index >= 15 is 0 Å². The minimum absolute atomic E-state index is 0.816. The Balaban J connectivity index is 1.62.